The van der Waals surface area contributed by atoms with Crippen molar-refractivity contribution >= 4 is 23.2 Å². The molecular formula is C10H14N4OS. The number of hydrogen-bond acceptors (Lipinski definition) is 4. The molecule has 2 N–H and O–H groups in total. The lowest BCUT2D eigenvalue weighted by molar-refractivity contribution is -0.125. The minimum Gasteiger partial charge on any atom is -0.355 e. The normalized spacial score (nSPS) is 29.4. The van der Waals surface area contributed by atoms with Crippen molar-refractivity contribution in [2.45, 2.75) is 18.4 Å². The van der Waals surface area contributed by atoms with Gasteiger partial charge in [0.2, 0.25) is 5.91 Å². The van der Waals surface area contributed by atoms with E-state index in [2.05, 4.69) is 21.6 Å². The van der Waals surface area contributed by atoms with Gasteiger partial charge in [-0.05, 0) is 32.1 Å². The third kappa shape index (κ3) is 1.77. The van der Waals surface area contributed by atoms with Crippen LogP contribution in [0.4, 0.5) is 0 Å². The molecule has 2 rings (SSSR count). The molecular weight excluding hydrogens is 224 g/mol. The zero-order chi connectivity index (χ0) is 11.8. The Morgan fingerprint density at radius 3 is 2.75 bits per heavy atom. The molecule has 2 saturated heterocycles. The van der Waals surface area contributed by atoms with Gasteiger partial charge in [-0.2, -0.15) is 5.26 Å². The third-order valence-electron chi connectivity index (χ3n) is 3.42. The van der Waals surface area contributed by atoms with E-state index in [1.165, 1.54) is 0 Å². The summed E-state index contributed by atoms with van der Waals surface area (Å²) in [4.78, 5) is 13.9. The standard InChI is InChI=1S/C10H14N4OS/c1-14-4-2-10(3-5-14)7(6-11)8(15)12-9(16)13-10/h7H,2-5H2,1H3,(H2,12,13,15,16). The quantitative estimate of drug-likeness (QED) is 0.562. The molecule has 0 aromatic carbocycles. The van der Waals surface area contributed by atoms with E-state index in [4.69, 9.17) is 17.5 Å². The number of hydrogen-bond donors (Lipinski definition) is 2. The number of nitrogens with zero attached hydrogens (tertiary/aromatic N) is 2. The van der Waals surface area contributed by atoms with Crippen molar-refractivity contribution in [1.82, 2.24) is 15.5 Å². The van der Waals surface area contributed by atoms with Gasteiger partial charge in [0.05, 0.1) is 11.6 Å². The summed E-state index contributed by atoms with van der Waals surface area (Å²) < 4.78 is 0. The van der Waals surface area contributed by atoms with Crippen LogP contribution in [-0.4, -0.2) is 41.6 Å². The number of thiocarbonyl (C=S) groups is 1. The first-order valence-electron chi connectivity index (χ1n) is 5.28. The summed E-state index contributed by atoms with van der Waals surface area (Å²) >= 11 is 5.00. The maximum absolute atomic E-state index is 11.7. The number of piperidine rings is 1. The first-order chi connectivity index (χ1) is 7.57. The van der Waals surface area contributed by atoms with Crippen molar-refractivity contribution in [1.29, 1.82) is 5.26 Å². The Labute approximate surface area is 99.8 Å². The maximum atomic E-state index is 11.7. The predicted molar refractivity (Wildman–Crippen MR) is 62.4 cm³/mol. The Kier molecular flexibility index (Phi) is 2.82. The SMILES string of the molecule is CN1CCC2(CC1)NC(=S)NC(=O)C2C#N. The van der Waals surface area contributed by atoms with Gasteiger partial charge in [-0.15, -0.1) is 0 Å². The molecule has 0 bridgehead atoms. The lowest BCUT2D eigenvalue weighted by Gasteiger charge is -2.46. The average molecular weight is 238 g/mol. The van der Waals surface area contributed by atoms with Gasteiger partial charge in [0, 0.05) is 13.1 Å². The van der Waals surface area contributed by atoms with E-state index in [1.54, 1.807) is 0 Å². The van der Waals surface area contributed by atoms with E-state index in [9.17, 15) is 4.79 Å². The second-order valence-corrected chi connectivity index (χ2v) is 4.87. The minimum absolute atomic E-state index is 0.268. The van der Waals surface area contributed by atoms with E-state index < -0.39 is 11.5 Å². The smallest absolute Gasteiger partial charge is 0.245 e. The summed E-state index contributed by atoms with van der Waals surface area (Å²) in [5, 5.41) is 15.1. The lowest BCUT2D eigenvalue weighted by Crippen LogP contribution is -2.68. The highest BCUT2D eigenvalue weighted by Crippen LogP contribution is 2.31. The van der Waals surface area contributed by atoms with Gasteiger partial charge in [0.25, 0.3) is 0 Å². The fraction of sp³-hybridized carbons (Fsp3) is 0.700. The monoisotopic (exact) mass is 238 g/mol. The zero-order valence-electron chi connectivity index (χ0n) is 9.12. The summed E-state index contributed by atoms with van der Waals surface area (Å²) in [6, 6.07) is 2.10. The summed E-state index contributed by atoms with van der Waals surface area (Å²) in [5.74, 6) is -0.913. The van der Waals surface area contributed by atoms with Gasteiger partial charge < -0.3 is 15.5 Å². The molecule has 0 aromatic heterocycles. The van der Waals surface area contributed by atoms with Crippen molar-refractivity contribution < 1.29 is 4.79 Å². The van der Waals surface area contributed by atoms with Crippen molar-refractivity contribution in [2.24, 2.45) is 5.92 Å². The van der Waals surface area contributed by atoms with E-state index in [0.717, 1.165) is 25.9 Å². The Morgan fingerprint density at radius 1 is 1.56 bits per heavy atom. The number of carbonyl (C=O) groups is 1. The molecule has 2 fully saturated rings. The highest BCUT2D eigenvalue weighted by molar-refractivity contribution is 7.80. The topological polar surface area (TPSA) is 68.2 Å². The predicted octanol–water partition coefficient (Wildman–Crippen LogP) is -0.405. The lowest BCUT2D eigenvalue weighted by atomic mass is 9.75. The molecule has 0 radical (unpaired) electrons. The zero-order valence-corrected chi connectivity index (χ0v) is 9.93. The van der Waals surface area contributed by atoms with Crippen LogP contribution in [0.5, 0.6) is 0 Å². The largest absolute Gasteiger partial charge is 0.355 e. The van der Waals surface area contributed by atoms with Crippen LogP contribution < -0.4 is 10.6 Å². The number of likely N-dealkylation sites (tertiary alicyclic amines) is 1. The van der Waals surface area contributed by atoms with Crippen LogP contribution in [0.2, 0.25) is 0 Å². The van der Waals surface area contributed by atoms with Crippen LogP contribution in [0.15, 0.2) is 0 Å². The molecule has 6 heteroatoms. The molecule has 86 valence electrons. The average Bonchev–Trinajstić information content (AvgIpc) is 2.22. The molecule has 2 aliphatic heterocycles. The molecule has 1 spiro atoms. The molecule has 5 nitrogen and oxygen atoms in total. The summed E-state index contributed by atoms with van der Waals surface area (Å²) in [6.07, 6.45) is 1.55. The molecule has 16 heavy (non-hydrogen) atoms. The number of nitrogens with one attached hydrogen (secondary N) is 2. The summed E-state index contributed by atoms with van der Waals surface area (Å²) in [7, 11) is 2.04. The van der Waals surface area contributed by atoms with E-state index in [0.29, 0.717) is 5.11 Å². The first kappa shape index (κ1) is 11.3. The highest BCUT2D eigenvalue weighted by Gasteiger charge is 2.48. The van der Waals surface area contributed by atoms with Gasteiger partial charge >= 0.3 is 0 Å². The van der Waals surface area contributed by atoms with Crippen LogP contribution in [0, 0.1) is 17.2 Å². The minimum atomic E-state index is -0.645. The van der Waals surface area contributed by atoms with E-state index in [1.807, 2.05) is 7.05 Å². The van der Waals surface area contributed by atoms with Gasteiger partial charge in [0.1, 0.15) is 5.92 Å². The Bertz CT molecular complexity index is 368. The van der Waals surface area contributed by atoms with Crippen molar-refractivity contribution in [3.63, 3.8) is 0 Å². The second-order valence-electron chi connectivity index (χ2n) is 4.46. The van der Waals surface area contributed by atoms with Crippen molar-refractivity contribution in [3.05, 3.63) is 0 Å². The number of nitriles is 1. The Hall–Kier alpha value is -1.19. The number of amides is 1. The van der Waals surface area contributed by atoms with Gasteiger partial charge in [-0.3, -0.25) is 4.79 Å². The molecule has 1 amide bonds. The molecule has 2 heterocycles. The molecule has 1 atom stereocenters. The van der Waals surface area contributed by atoms with Gasteiger partial charge in [-0.1, -0.05) is 0 Å². The molecule has 0 aromatic rings. The van der Waals surface area contributed by atoms with Gasteiger partial charge in [-0.25, -0.2) is 0 Å². The Morgan fingerprint density at radius 2 is 2.19 bits per heavy atom. The maximum Gasteiger partial charge on any atom is 0.245 e. The van der Waals surface area contributed by atoms with Crippen LogP contribution in [0.1, 0.15) is 12.8 Å². The van der Waals surface area contributed by atoms with Gasteiger partial charge in [0.15, 0.2) is 5.11 Å². The van der Waals surface area contributed by atoms with Crippen molar-refractivity contribution in [3.8, 4) is 6.07 Å². The fourth-order valence-corrected chi connectivity index (χ4v) is 2.68. The summed E-state index contributed by atoms with van der Waals surface area (Å²) in [6.45, 7) is 1.75. The summed E-state index contributed by atoms with van der Waals surface area (Å²) in [5.41, 5.74) is -0.458. The van der Waals surface area contributed by atoms with E-state index >= 15 is 0 Å². The molecule has 2 aliphatic rings. The number of carbonyl (C=O) groups excluding carboxylic acids is 1. The second kappa shape index (κ2) is 4.00. The van der Waals surface area contributed by atoms with Crippen LogP contribution >= 0.6 is 12.2 Å². The molecule has 1 unspecified atom stereocenters. The first-order valence-corrected chi connectivity index (χ1v) is 5.69. The van der Waals surface area contributed by atoms with E-state index in [-0.39, 0.29) is 5.91 Å². The van der Waals surface area contributed by atoms with Crippen LogP contribution in [0.3, 0.4) is 0 Å². The Balaban J connectivity index is 2.25. The fourth-order valence-electron chi connectivity index (χ4n) is 2.38. The number of rotatable bonds is 0. The molecule has 0 saturated carbocycles. The van der Waals surface area contributed by atoms with Crippen LogP contribution in [-0.2, 0) is 4.79 Å². The highest BCUT2D eigenvalue weighted by atomic mass is 32.1. The van der Waals surface area contributed by atoms with Crippen molar-refractivity contribution in [2.75, 3.05) is 20.1 Å². The third-order valence-corrected chi connectivity index (χ3v) is 3.63. The van der Waals surface area contributed by atoms with Crippen LogP contribution in [0.25, 0.3) is 0 Å². The molecule has 0 aliphatic carbocycles.